The highest BCUT2D eigenvalue weighted by molar-refractivity contribution is 6.39. The molecule has 0 saturated heterocycles. The summed E-state index contributed by atoms with van der Waals surface area (Å²) in [4.78, 5) is 0. The number of nitrogens with zero attached hydrogens (tertiary/aromatic N) is 1. The highest BCUT2D eigenvalue weighted by atomic mass is 15.0. The van der Waals surface area contributed by atoms with Crippen molar-refractivity contribution < 1.29 is 0 Å². The molecule has 4 fully saturated rings. The van der Waals surface area contributed by atoms with Gasteiger partial charge in [-0.05, 0) is 144 Å². The van der Waals surface area contributed by atoms with Crippen molar-refractivity contribution in [2.75, 3.05) is 0 Å². The van der Waals surface area contributed by atoms with Crippen LogP contribution in [0, 0.1) is 23.2 Å². The molecule has 2 unspecified atom stereocenters. The summed E-state index contributed by atoms with van der Waals surface area (Å²) in [6.07, 6.45) is 5.82. The molecule has 14 rings (SSSR count). The second-order valence-corrected chi connectivity index (χ2v) is 17.2. The summed E-state index contributed by atoms with van der Waals surface area (Å²) < 4.78 is 2.47. The van der Waals surface area contributed by atoms with Crippen molar-refractivity contribution >= 4 is 75.7 Å². The minimum Gasteiger partial charge on any atom is -0.309 e. The Bertz CT molecular complexity index is 3280. The van der Waals surface area contributed by atoms with Crippen molar-refractivity contribution in [1.29, 1.82) is 0 Å². The molecule has 1 heteroatoms. The first kappa shape index (κ1) is 28.6. The maximum absolute atomic E-state index is 2.67. The molecule has 4 aliphatic rings. The Labute approximate surface area is 313 Å². The van der Waals surface area contributed by atoms with Crippen LogP contribution in [0.25, 0.3) is 92.5 Å². The number of hydrogen-bond donors (Lipinski definition) is 0. The normalized spacial score (nSPS) is 25.1. The largest absolute Gasteiger partial charge is 0.309 e. The molecule has 1 heterocycles. The van der Waals surface area contributed by atoms with Gasteiger partial charge in [-0.15, -0.1) is 0 Å². The van der Waals surface area contributed by atoms with E-state index in [0.29, 0.717) is 10.8 Å². The fraction of sp³-hybridized carbons (Fsp3) is 0.170. The zero-order valence-electron chi connectivity index (χ0n) is 30.0. The Balaban J connectivity index is 1.12. The van der Waals surface area contributed by atoms with Gasteiger partial charge in [-0.1, -0.05) is 127 Å². The summed E-state index contributed by atoms with van der Waals surface area (Å²) in [5, 5.41) is 16.2. The number of fused-ring (bicyclic) bond motifs is 14. The second kappa shape index (κ2) is 9.59. The molecule has 0 aliphatic heterocycles. The van der Waals surface area contributed by atoms with E-state index in [1.165, 1.54) is 118 Å². The maximum Gasteiger partial charge on any atom is 0.0619 e. The summed E-state index contributed by atoms with van der Waals surface area (Å²) in [5.41, 5.74) is 8.91. The third-order valence-corrected chi connectivity index (χ3v) is 15.6. The van der Waals surface area contributed by atoms with Crippen LogP contribution < -0.4 is 0 Å². The van der Waals surface area contributed by atoms with Crippen LogP contribution >= 0.6 is 0 Å². The Hall–Kier alpha value is -5.92. The van der Waals surface area contributed by atoms with Gasteiger partial charge in [0, 0.05) is 27.4 Å². The standard InChI is InChI=1S/C53H37N/c1-2-11-36(12-3-1)54-48-20-9-8-15-41(48)45-19-10-18-37(51(45)54)31-21-23-40-46-28-32(52-29-34-26-33-27-35(30-52)53(33,34)52)22-24-44(46)49-42-16-6-4-13-38(42)39-14-5-7-17-43(39)50(49)47(40)25-31/h1-25,28,33-35H,26-27,29-30H2. The summed E-state index contributed by atoms with van der Waals surface area (Å²) >= 11 is 0. The van der Waals surface area contributed by atoms with Gasteiger partial charge in [-0.3, -0.25) is 0 Å². The summed E-state index contributed by atoms with van der Waals surface area (Å²) in [6, 6.07) is 60.1. The van der Waals surface area contributed by atoms with Crippen molar-refractivity contribution in [3.05, 3.63) is 163 Å². The van der Waals surface area contributed by atoms with Gasteiger partial charge in [0.2, 0.25) is 0 Å². The first-order valence-electron chi connectivity index (χ1n) is 20.1. The van der Waals surface area contributed by atoms with Crippen molar-refractivity contribution in [3.8, 4) is 16.8 Å². The number of rotatable bonds is 3. The molecule has 254 valence electrons. The van der Waals surface area contributed by atoms with E-state index in [-0.39, 0.29) is 0 Å². The minimum atomic E-state index is 0.421. The lowest BCUT2D eigenvalue weighted by Crippen LogP contribution is -2.87. The molecule has 4 saturated carbocycles. The molecular formula is C53H37N. The van der Waals surface area contributed by atoms with Gasteiger partial charge in [0.1, 0.15) is 0 Å². The highest BCUT2D eigenvalue weighted by Crippen LogP contribution is 2.92. The van der Waals surface area contributed by atoms with Gasteiger partial charge >= 0.3 is 0 Å². The highest BCUT2D eigenvalue weighted by Gasteiger charge is 2.87. The summed E-state index contributed by atoms with van der Waals surface area (Å²) in [7, 11) is 0. The quantitative estimate of drug-likeness (QED) is 0.163. The molecular weight excluding hydrogens is 651 g/mol. The summed E-state index contributed by atoms with van der Waals surface area (Å²) in [5.74, 6) is 2.98. The van der Waals surface area contributed by atoms with E-state index < -0.39 is 0 Å². The van der Waals surface area contributed by atoms with Crippen molar-refractivity contribution in [2.45, 2.75) is 31.1 Å². The number of hydrogen-bond acceptors (Lipinski definition) is 0. The SMILES string of the molecule is c1ccc(-n2c3ccccc3c3cccc(-c4ccc5c6cc(C78CC9CC%10CC(C7)C%1098)ccc6c6c7ccccc7c7ccccc7c6c5c4)c32)cc1. The Morgan fingerprint density at radius 1 is 0.426 bits per heavy atom. The molecule has 0 bridgehead atoms. The smallest absolute Gasteiger partial charge is 0.0619 e. The first-order valence-corrected chi connectivity index (χ1v) is 20.1. The fourth-order valence-electron chi connectivity index (χ4n) is 13.7. The van der Waals surface area contributed by atoms with Crippen LogP contribution in [0.1, 0.15) is 31.2 Å². The van der Waals surface area contributed by atoms with Crippen LogP contribution in [-0.2, 0) is 5.41 Å². The predicted molar refractivity (Wildman–Crippen MR) is 227 cm³/mol. The molecule has 4 aliphatic carbocycles. The molecule has 10 aromatic rings. The van der Waals surface area contributed by atoms with Crippen molar-refractivity contribution in [3.63, 3.8) is 0 Å². The molecule has 2 atom stereocenters. The van der Waals surface area contributed by atoms with E-state index in [4.69, 9.17) is 0 Å². The minimum absolute atomic E-state index is 0.421. The summed E-state index contributed by atoms with van der Waals surface area (Å²) in [6.45, 7) is 0. The van der Waals surface area contributed by atoms with Crippen LogP contribution in [0.4, 0.5) is 0 Å². The van der Waals surface area contributed by atoms with Crippen LogP contribution in [0.2, 0.25) is 0 Å². The van der Waals surface area contributed by atoms with E-state index in [9.17, 15) is 0 Å². The number of para-hydroxylation sites is 3. The Kier molecular flexibility index (Phi) is 5.07. The van der Waals surface area contributed by atoms with Gasteiger partial charge in [-0.25, -0.2) is 0 Å². The molecule has 1 aromatic heterocycles. The van der Waals surface area contributed by atoms with E-state index in [0.717, 1.165) is 17.8 Å². The average Bonchev–Trinajstić information content (AvgIpc) is 3.54. The monoisotopic (exact) mass is 687 g/mol. The van der Waals surface area contributed by atoms with Gasteiger partial charge in [0.15, 0.2) is 0 Å². The third-order valence-electron chi connectivity index (χ3n) is 15.6. The van der Waals surface area contributed by atoms with Crippen LogP contribution in [0.5, 0.6) is 0 Å². The van der Waals surface area contributed by atoms with Crippen LogP contribution in [0.15, 0.2) is 158 Å². The molecule has 1 spiro atoms. The molecule has 54 heavy (non-hydrogen) atoms. The van der Waals surface area contributed by atoms with E-state index >= 15 is 0 Å². The fourth-order valence-corrected chi connectivity index (χ4v) is 13.7. The van der Waals surface area contributed by atoms with Gasteiger partial charge in [0.05, 0.1) is 11.0 Å². The lowest BCUT2D eigenvalue weighted by molar-refractivity contribution is -0.395. The molecule has 0 amide bonds. The zero-order chi connectivity index (χ0) is 34.9. The molecule has 0 N–H and O–H groups in total. The van der Waals surface area contributed by atoms with E-state index in [2.05, 4.69) is 162 Å². The number of benzene rings is 9. The van der Waals surface area contributed by atoms with Crippen molar-refractivity contribution in [1.82, 2.24) is 4.57 Å². The van der Waals surface area contributed by atoms with E-state index in [1.807, 2.05) is 0 Å². The number of aromatic nitrogens is 1. The predicted octanol–water partition coefficient (Wildman–Crippen LogP) is 13.9. The van der Waals surface area contributed by atoms with Crippen LogP contribution in [0.3, 0.4) is 0 Å². The molecule has 9 aromatic carbocycles. The lowest BCUT2D eigenvalue weighted by Gasteiger charge is -2.91. The third kappa shape index (κ3) is 3.09. The van der Waals surface area contributed by atoms with Crippen molar-refractivity contribution in [2.24, 2.45) is 23.2 Å². The second-order valence-electron chi connectivity index (χ2n) is 17.2. The zero-order valence-corrected chi connectivity index (χ0v) is 30.0. The lowest BCUT2D eigenvalue weighted by atomic mass is 9.12. The van der Waals surface area contributed by atoms with Gasteiger partial charge < -0.3 is 4.57 Å². The topological polar surface area (TPSA) is 4.93 Å². The molecule has 0 radical (unpaired) electrons. The first-order chi connectivity index (χ1) is 26.7. The maximum atomic E-state index is 2.67. The average molecular weight is 688 g/mol. The molecule has 1 nitrogen and oxygen atoms in total. The van der Waals surface area contributed by atoms with Gasteiger partial charge in [-0.2, -0.15) is 0 Å². The van der Waals surface area contributed by atoms with E-state index in [1.54, 1.807) is 5.56 Å². The Morgan fingerprint density at radius 3 is 1.74 bits per heavy atom. The Morgan fingerprint density at radius 2 is 1.02 bits per heavy atom. The van der Waals surface area contributed by atoms with Crippen LogP contribution in [-0.4, -0.2) is 4.57 Å². The van der Waals surface area contributed by atoms with Gasteiger partial charge in [0.25, 0.3) is 0 Å².